The van der Waals surface area contributed by atoms with Gasteiger partial charge in [-0.2, -0.15) is 0 Å². The average molecular weight is 258 g/mol. The van der Waals surface area contributed by atoms with E-state index in [1.165, 1.54) is 6.33 Å². The van der Waals surface area contributed by atoms with Gasteiger partial charge in [-0.1, -0.05) is 25.4 Å². The van der Waals surface area contributed by atoms with E-state index < -0.39 is 11.6 Å². The van der Waals surface area contributed by atoms with Crippen LogP contribution in [0.15, 0.2) is 6.33 Å². The minimum absolute atomic E-state index is 0.219. The molecule has 0 fully saturated rings. The number of aromatic nitrogens is 2. The fourth-order valence-corrected chi connectivity index (χ4v) is 1.75. The van der Waals surface area contributed by atoms with Gasteiger partial charge in [0.05, 0.1) is 11.6 Å². The van der Waals surface area contributed by atoms with Crippen LogP contribution in [0.4, 0.5) is 5.82 Å². The van der Waals surface area contributed by atoms with Crippen molar-refractivity contribution in [2.75, 3.05) is 5.32 Å². The Bertz CT molecular complexity index is 391. The van der Waals surface area contributed by atoms with E-state index >= 15 is 0 Å². The van der Waals surface area contributed by atoms with Gasteiger partial charge in [-0.05, 0) is 26.7 Å². The lowest BCUT2D eigenvalue weighted by Gasteiger charge is -2.31. The molecule has 1 aromatic rings. The zero-order valence-corrected chi connectivity index (χ0v) is 11.7. The molecule has 1 heterocycles. The maximum atomic E-state index is 9.70. The van der Waals surface area contributed by atoms with Gasteiger partial charge in [-0.15, -0.1) is 0 Å². The molecule has 0 saturated carbocycles. The molecular weight excluding hydrogens is 238 g/mol. The third kappa shape index (κ3) is 3.30. The van der Waals surface area contributed by atoms with Crippen LogP contribution < -0.4 is 5.32 Å². The maximum Gasteiger partial charge on any atom is 0.138 e. The molecule has 0 aliphatic carbocycles. The molecular formula is C12H20ClN3O. The molecule has 0 saturated heterocycles. The molecule has 5 heteroatoms. The quantitative estimate of drug-likeness (QED) is 0.815. The van der Waals surface area contributed by atoms with Crippen LogP contribution in [0.2, 0.25) is 5.15 Å². The molecule has 4 nitrogen and oxygen atoms in total. The Morgan fingerprint density at radius 3 is 2.35 bits per heavy atom. The minimum atomic E-state index is -0.503. The summed E-state index contributed by atoms with van der Waals surface area (Å²) in [6.07, 6.45) is 0.922. The second-order valence-corrected chi connectivity index (χ2v) is 5.46. The highest BCUT2D eigenvalue weighted by Gasteiger charge is 2.26. The molecule has 0 spiro atoms. The summed E-state index contributed by atoms with van der Waals surface area (Å²) in [5.41, 5.74) is 0.407. The van der Waals surface area contributed by atoms with Crippen LogP contribution in [0, 0.1) is 0 Å². The van der Waals surface area contributed by atoms with Gasteiger partial charge in [0.15, 0.2) is 0 Å². The van der Waals surface area contributed by atoms with Crippen molar-refractivity contribution in [1.82, 2.24) is 9.97 Å². The first-order valence-electron chi connectivity index (χ1n) is 5.72. The standard InChI is InChI=1S/C12H20ClN3O/c1-7(2)9-10(13)14-6-15-11(9)16-12(4,5)8(3)17/h6-8,17H,1-5H3,(H,14,15,16). The summed E-state index contributed by atoms with van der Waals surface area (Å²) >= 11 is 6.08. The summed E-state index contributed by atoms with van der Waals surface area (Å²) in [5.74, 6) is 0.905. The second kappa shape index (κ2) is 5.19. The summed E-state index contributed by atoms with van der Waals surface area (Å²) < 4.78 is 0. The molecule has 0 amide bonds. The minimum Gasteiger partial charge on any atom is -0.391 e. The normalized spacial score (nSPS) is 13.9. The molecule has 1 unspecified atom stereocenters. The summed E-state index contributed by atoms with van der Waals surface area (Å²) in [7, 11) is 0. The number of nitrogens with zero attached hydrogens (tertiary/aromatic N) is 2. The van der Waals surface area contributed by atoms with E-state index in [4.69, 9.17) is 11.6 Å². The van der Waals surface area contributed by atoms with E-state index in [0.29, 0.717) is 11.0 Å². The Morgan fingerprint density at radius 2 is 1.88 bits per heavy atom. The lowest BCUT2D eigenvalue weighted by molar-refractivity contribution is 0.133. The molecule has 1 atom stereocenters. The first-order valence-corrected chi connectivity index (χ1v) is 6.10. The van der Waals surface area contributed by atoms with Crippen LogP contribution in [0.1, 0.15) is 46.1 Å². The predicted molar refractivity (Wildman–Crippen MR) is 70.5 cm³/mol. The molecule has 17 heavy (non-hydrogen) atoms. The van der Waals surface area contributed by atoms with Crippen molar-refractivity contribution >= 4 is 17.4 Å². The molecule has 96 valence electrons. The van der Waals surface area contributed by atoms with Crippen molar-refractivity contribution < 1.29 is 5.11 Å². The van der Waals surface area contributed by atoms with Crippen LogP contribution in [-0.2, 0) is 0 Å². The fourth-order valence-electron chi connectivity index (χ4n) is 1.39. The molecule has 0 radical (unpaired) electrons. The number of aliphatic hydroxyl groups excluding tert-OH is 1. The molecule has 0 aromatic carbocycles. The molecule has 1 aromatic heterocycles. The Morgan fingerprint density at radius 1 is 1.29 bits per heavy atom. The number of hydrogen-bond acceptors (Lipinski definition) is 4. The number of halogens is 1. The van der Waals surface area contributed by atoms with Crippen molar-refractivity contribution in [2.24, 2.45) is 0 Å². The average Bonchev–Trinajstić information content (AvgIpc) is 2.15. The lowest BCUT2D eigenvalue weighted by atomic mass is 9.97. The number of anilines is 1. The van der Waals surface area contributed by atoms with Gasteiger partial charge in [-0.25, -0.2) is 9.97 Å². The molecule has 1 rings (SSSR count). The summed E-state index contributed by atoms with van der Waals surface area (Å²) in [6, 6.07) is 0. The highest BCUT2D eigenvalue weighted by Crippen LogP contribution is 2.30. The summed E-state index contributed by atoms with van der Waals surface area (Å²) in [6.45, 7) is 9.64. The van der Waals surface area contributed by atoms with Crippen molar-refractivity contribution in [3.8, 4) is 0 Å². The maximum absolute atomic E-state index is 9.70. The monoisotopic (exact) mass is 257 g/mol. The Hall–Kier alpha value is -0.870. The molecule has 0 aliphatic rings. The van der Waals surface area contributed by atoms with E-state index in [1.807, 2.05) is 27.7 Å². The van der Waals surface area contributed by atoms with Gasteiger partial charge in [0.2, 0.25) is 0 Å². The van der Waals surface area contributed by atoms with Gasteiger partial charge < -0.3 is 10.4 Å². The Labute approximate surface area is 107 Å². The first-order chi connectivity index (χ1) is 7.75. The van der Waals surface area contributed by atoms with E-state index in [2.05, 4.69) is 15.3 Å². The SMILES string of the molecule is CC(C)c1c(Cl)ncnc1NC(C)(C)C(C)O. The van der Waals surface area contributed by atoms with Gasteiger partial charge in [0.25, 0.3) is 0 Å². The fraction of sp³-hybridized carbons (Fsp3) is 0.667. The second-order valence-electron chi connectivity index (χ2n) is 5.10. The Kier molecular flexibility index (Phi) is 4.33. The topological polar surface area (TPSA) is 58.0 Å². The van der Waals surface area contributed by atoms with Crippen molar-refractivity contribution in [3.63, 3.8) is 0 Å². The van der Waals surface area contributed by atoms with Crippen molar-refractivity contribution in [2.45, 2.75) is 52.2 Å². The largest absolute Gasteiger partial charge is 0.391 e. The first kappa shape index (κ1) is 14.2. The van der Waals surface area contributed by atoms with Gasteiger partial charge in [-0.3, -0.25) is 0 Å². The van der Waals surface area contributed by atoms with Crippen molar-refractivity contribution in [3.05, 3.63) is 17.0 Å². The van der Waals surface area contributed by atoms with Crippen LogP contribution in [-0.4, -0.2) is 26.7 Å². The van der Waals surface area contributed by atoms with Gasteiger partial charge in [0, 0.05) is 5.56 Å². The van der Waals surface area contributed by atoms with Crippen LogP contribution in [0.25, 0.3) is 0 Å². The molecule has 0 bridgehead atoms. The van der Waals surface area contributed by atoms with E-state index in [9.17, 15) is 5.11 Å². The summed E-state index contributed by atoms with van der Waals surface area (Å²) in [5, 5.41) is 13.4. The van der Waals surface area contributed by atoms with E-state index in [0.717, 1.165) is 5.56 Å². The van der Waals surface area contributed by atoms with Crippen molar-refractivity contribution in [1.29, 1.82) is 0 Å². The zero-order valence-electron chi connectivity index (χ0n) is 11.0. The number of hydrogen-bond donors (Lipinski definition) is 2. The number of nitrogens with one attached hydrogen (secondary N) is 1. The Balaban J connectivity index is 3.11. The zero-order chi connectivity index (χ0) is 13.2. The highest BCUT2D eigenvalue weighted by atomic mass is 35.5. The highest BCUT2D eigenvalue weighted by molar-refractivity contribution is 6.30. The molecule has 2 N–H and O–H groups in total. The number of rotatable bonds is 4. The van der Waals surface area contributed by atoms with E-state index in [1.54, 1.807) is 6.92 Å². The van der Waals surface area contributed by atoms with Crippen LogP contribution >= 0.6 is 11.6 Å². The predicted octanol–water partition coefficient (Wildman–Crippen LogP) is 2.82. The molecule has 0 aliphatic heterocycles. The summed E-state index contributed by atoms with van der Waals surface area (Å²) in [4.78, 5) is 8.20. The lowest BCUT2D eigenvalue weighted by Crippen LogP contribution is -2.42. The third-order valence-corrected chi connectivity index (χ3v) is 3.20. The third-order valence-electron chi connectivity index (χ3n) is 2.90. The van der Waals surface area contributed by atoms with Crippen LogP contribution in [0.3, 0.4) is 0 Å². The van der Waals surface area contributed by atoms with E-state index in [-0.39, 0.29) is 5.92 Å². The smallest absolute Gasteiger partial charge is 0.138 e. The van der Waals surface area contributed by atoms with Gasteiger partial charge in [0.1, 0.15) is 17.3 Å². The van der Waals surface area contributed by atoms with Crippen LogP contribution in [0.5, 0.6) is 0 Å². The number of aliphatic hydroxyl groups is 1. The van der Waals surface area contributed by atoms with Gasteiger partial charge >= 0.3 is 0 Å².